The van der Waals surface area contributed by atoms with Crippen LogP contribution in [0.25, 0.3) is 0 Å². The van der Waals surface area contributed by atoms with Gasteiger partial charge in [-0.15, -0.1) is 0 Å². The number of carbonyl (C=O) groups excluding carboxylic acids is 1. The van der Waals surface area contributed by atoms with Gasteiger partial charge in [0.1, 0.15) is 19.0 Å². The van der Waals surface area contributed by atoms with Crippen LogP contribution in [0, 0.1) is 0 Å². The van der Waals surface area contributed by atoms with Gasteiger partial charge in [-0.05, 0) is 23.3 Å². The van der Waals surface area contributed by atoms with Gasteiger partial charge in [0.2, 0.25) is 0 Å². The van der Waals surface area contributed by atoms with Crippen molar-refractivity contribution in [3.63, 3.8) is 0 Å². The summed E-state index contributed by atoms with van der Waals surface area (Å²) >= 11 is 0. The Bertz CT molecular complexity index is 549. The Hall–Kier alpha value is -2.33. The van der Waals surface area contributed by atoms with Gasteiger partial charge in [0, 0.05) is 0 Å². The summed E-state index contributed by atoms with van der Waals surface area (Å²) in [6.07, 6.45) is 0. The zero-order valence-electron chi connectivity index (χ0n) is 12.0. The molecule has 0 fully saturated rings. The van der Waals surface area contributed by atoms with Crippen LogP contribution in [0.2, 0.25) is 0 Å². The van der Waals surface area contributed by atoms with E-state index in [1.54, 1.807) is 7.11 Å². The fourth-order valence-electron chi connectivity index (χ4n) is 1.75. The molecule has 110 valence electrons. The second-order valence-electron chi connectivity index (χ2n) is 4.49. The number of hydrogen-bond donors (Lipinski definition) is 0. The quantitative estimate of drug-likeness (QED) is 0.734. The molecular formula is C17H18O4. The largest absolute Gasteiger partial charge is 0.497 e. The summed E-state index contributed by atoms with van der Waals surface area (Å²) in [5.74, 6) is 0.424. The third kappa shape index (κ3) is 5.28. The molecule has 0 bridgehead atoms. The molecule has 0 aliphatic rings. The van der Waals surface area contributed by atoms with E-state index in [2.05, 4.69) is 0 Å². The maximum atomic E-state index is 11.5. The normalized spacial score (nSPS) is 10.1. The molecule has 0 heterocycles. The van der Waals surface area contributed by atoms with E-state index in [0.29, 0.717) is 6.61 Å². The van der Waals surface area contributed by atoms with E-state index in [1.807, 2.05) is 54.6 Å². The molecule has 0 aliphatic carbocycles. The lowest BCUT2D eigenvalue weighted by atomic mass is 10.2. The minimum atomic E-state index is -0.368. The highest BCUT2D eigenvalue weighted by Crippen LogP contribution is 2.11. The summed E-state index contributed by atoms with van der Waals surface area (Å²) in [5.41, 5.74) is 1.94. The van der Waals surface area contributed by atoms with Crippen molar-refractivity contribution in [2.24, 2.45) is 0 Å². The zero-order chi connectivity index (χ0) is 14.9. The van der Waals surface area contributed by atoms with Crippen LogP contribution in [0.4, 0.5) is 0 Å². The Balaban J connectivity index is 1.66. The summed E-state index contributed by atoms with van der Waals surface area (Å²) in [6, 6.07) is 17.0. The predicted octanol–water partition coefficient (Wildman–Crippen LogP) is 2.96. The van der Waals surface area contributed by atoms with E-state index in [9.17, 15) is 4.79 Å². The van der Waals surface area contributed by atoms with Crippen molar-refractivity contribution in [2.75, 3.05) is 13.7 Å². The van der Waals surface area contributed by atoms with E-state index in [1.165, 1.54) is 0 Å². The highest BCUT2D eigenvalue weighted by Gasteiger charge is 2.04. The molecule has 2 aromatic rings. The number of methoxy groups -OCH3 is 1. The number of hydrogen-bond acceptors (Lipinski definition) is 4. The van der Waals surface area contributed by atoms with Crippen LogP contribution in [0.3, 0.4) is 0 Å². The van der Waals surface area contributed by atoms with Gasteiger partial charge in [0.05, 0.1) is 13.7 Å². The van der Waals surface area contributed by atoms with Gasteiger partial charge in [0.15, 0.2) is 0 Å². The van der Waals surface area contributed by atoms with Gasteiger partial charge >= 0.3 is 5.97 Å². The highest BCUT2D eigenvalue weighted by molar-refractivity contribution is 5.70. The Morgan fingerprint density at radius 1 is 0.905 bits per heavy atom. The van der Waals surface area contributed by atoms with Crippen LogP contribution in [0.5, 0.6) is 5.75 Å². The van der Waals surface area contributed by atoms with Crippen molar-refractivity contribution in [1.82, 2.24) is 0 Å². The molecule has 0 N–H and O–H groups in total. The summed E-state index contributed by atoms with van der Waals surface area (Å²) in [5, 5.41) is 0. The van der Waals surface area contributed by atoms with Crippen molar-refractivity contribution >= 4 is 5.97 Å². The number of benzene rings is 2. The average molecular weight is 286 g/mol. The van der Waals surface area contributed by atoms with Crippen molar-refractivity contribution in [1.29, 1.82) is 0 Å². The van der Waals surface area contributed by atoms with E-state index >= 15 is 0 Å². The summed E-state index contributed by atoms with van der Waals surface area (Å²) in [4.78, 5) is 11.5. The number of esters is 1. The van der Waals surface area contributed by atoms with Crippen LogP contribution in [-0.2, 0) is 27.5 Å². The second-order valence-corrected chi connectivity index (χ2v) is 4.49. The molecule has 0 amide bonds. The van der Waals surface area contributed by atoms with Gasteiger partial charge in [-0.2, -0.15) is 0 Å². The average Bonchev–Trinajstić information content (AvgIpc) is 2.54. The van der Waals surface area contributed by atoms with Gasteiger partial charge in [-0.3, -0.25) is 0 Å². The maximum Gasteiger partial charge on any atom is 0.332 e. The lowest BCUT2D eigenvalue weighted by molar-refractivity contribution is -0.150. The number of carbonyl (C=O) groups is 1. The standard InChI is InChI=1S/C17H18O4/c1-19-16-9-7-15(8-10-16)11-20-13-17(18)21-12-14-5-3-2-4-6-14/h2-10H,11-13H2,1H3. The third-order valence-electron chi connectivity index (χ3n) is 2.89. The van der Waals surface area contributed by atoms with Crippen LogP contribution in [-0.4, -0.2) is 19.7 Å². The van der Waals surface area contributed by atoms with Gasteiger partial charge in [-0.25, -0.2) is 4.79 Å². The molecule has 0 aromatic heterocycles. The Morgan fingerprint density at radius 3 is 2.24 bits per heavy atom. The Morgan fingerprint density at radius 2 is 1.57 bits per heavy atom. The van der Waals surface area contributed by atoms with Gasteiger partial charge in [0.25, 0.3) is 0 Å². The highest BCUT2D eigenvalue weighted by atomic mass is 16.6. The fourth-order valence-corrected chi connectivity index (χ4v) is 1.75. The zero-order valence-corrected chi connectivity index (χ0v) is 12.0. The second kappa shape index (κ2) is 8.07. The molecule has 0 atom stereocenters. The van der Waals surface area contributed by atoms with E-state index in [0.717, 1.165) is 16.9 Å². The third-order valence-corrected chi connectivity index (χ3v) is 2.89. The van der Waals surface area contributed by atoms with Crippen LogP contribution in [0.15, 0.2) is 54.6 Å². The van der Waals surface area contributed by atoms with E-state index < -0.39 is 0 Å². The lowest BCUT2D eigenvalue weighted by Crippen LogP contribution is -2.12. The monoisotopic (exact) mass is 286 g/mol. The van der Waals surface area contributed by atoms with E-state index in [-0.39, 0.29) is 19.2 Å². The molecule has 4 heteroatoms. The molecule has 21 heavy (non-hydrogen) atoms. The smallest absolute Gasteiger partial charge is 0.332 e. The first-order valence-corrected chi connectivity index (χ1v) is 6.68. The minimum absolute atomic E-state index is 0.0567. The van der Waals surface area contributed by atoms with Crippen molar-refractivity contribution in [3.05, 3.63) is 65.7 Å². The van der Waals surface area contributed by atoms with Crippen LogP contribution in [0.1, 0.15) is 11.1 Å². The number of rotatable bonds is 7. The first-order valence-electron chi connectivity index (χ1n) is 6.68. The van der Waals surface area contributed by atoms with Crippen molar-refractivity contribution < 1.29 is 19.0 Å². The SMILES string of the molecule is COc1ccc(COCC(=O)OCc2ccccc2)cc1. The molecule has 0 unspecified atom stereocenters. The van der Waals surface area contributed by atoms with Gasteiger partial charge < -0.3 is 14.2 Å². The Kier molecular flexibility index (Phi) is 5.79. The molecule has 0 radical (unpaired) electrons. The number of ether oxygens (including phenoxy) is 3. The first kappa shape index (κ1) is 15.1. The molecule has 2 rings (SSSR count). The van der Waals surface area contributed by atoms with Crippen LogP contribution < -0.4 is 4.74 Å². The summed E-state index contributed by atoms with van der Waals surface area (Å²) in [7, 11) is 1.62. The summed E-state index contributed by atoms with van der Waals surface area (Å²) < 4.78 is 15.5. The molecule has 0 aliphatic heterocycles. The molecule has 0 saturated carbocycles. The molecular weight excluding hydrogens is 268 g/mol. The summed E-state index contributed by atoms with van der Waals surface area (Å²) in [6.45, 7) is 0.578. The topological polar surface area (TPSA) is 44.8 Å². The molecule has 2 aromatic carbocycles. The Labute approximate surface area is 124 Å². The maximum absolute atomic E-state index is 11.5. The molecule has 0 spiro atoms. The molecule has 0 saturated heterocycles. The van der Waals surface area contributed by atoms with Gasteiger partial charge in [-0.1, -0.05) is 42.5 Å². The van der Waals surface area contributed by atoms with Crippen molar-refractivity contribution in [3.8, 4) is 5.75 Å². The van der Waals surface area contributed by atoms with Crippen molar-refractivity contribution in [2.45, 2.75) is 13.2 Å². The minimum Gasteiger partial charge on any atom is -0.497 e. The van der Waals surface area contributed by atoms with Crippen LogP contribution >= 0.6 is 0 Å². The predicted molar refractivity (Wildman–Crippen MR) is 78.9 cm³/mol. The fraction of sp³-hybridized carbons (Fsp3) is 0.235. The first-order chi connectivity index (χ1) is 10.3. The lowest BCUT2D eigenvalue weighted by Gasteiger charge is -2.06. The van der Waals surface area contributed by atoms with E-state index in [4.69, 9.17) is 14.2 Å². The molecule has 4 nitrogen and oxygen atoms in total.